The maximum absolute atomic E-state index is 12.5. The quantitative estimate of drug-likeness (QED) is 0.750. The molecule has 3 aliphatic rings. The summed E-state index contributed by atoms with van der Waals surface area (Å²) in [7, 11) is 1.66. The van der Waals surface area contributed by atoms with Crippen molar-refractivity contribution >= 4 is 17.2 Å². The maximum Gasteiger partial charge on any atom is 0.163 e. The van der Waals surface area contributed by atoms with Gasteiger partial charge in [-0.25, -0.2) is 0 Å². The number of morpholine rings is 1. The molecule has 4 rings (SSSR count). The Morgan fingerprint density at radius 1 is 1.14 bits per heavy atom. The number of rotatable bonds is 6. The molecule has 1 heterocycles. The number of hydrogen-bond donors (Lipinski definition) is 0. The van der Waals surface area contributed by atoms with Crippen LogP contribution in [-0.2, 0) is 9.53 Å². The third-order valence-electron chi connectivity index (χ3n) is 5.98. The van der Waals surface area contributed by atoms with Gasteiger partial charge in [0.1, 0.15) is 5.78 Å². The molecular weight excluding hydrogens is 356 g/mol. The number of ketones is 1. The molecule has 1 unspecified atom stereocenters. The van der Waals surface area contributed by atoms with E-state index in [0.29, 0.717) is 12.2 Å². The predicted molar refractivity (Wildman–Crippen MR) is 108 cm³/mol. The van der Waals surface area contributed by atoms with Crippen LogP contribution in [0.2, 0.25) is 0 Å². The molecule has 0 radical (unpaired) electrons. The highest BCUT2D eigenvalue weighted by molar-refractivity contribution is 6.12. The van der Waals surface area contributed by atoms with Crippen LogP contribution in [0.25, 0.3) is 0 Å². The average Bonchev–Trinajstić information content (AvgIpc) is 3.34. The van der Waals surface area contributed by atoms with Crippen molar-refractivity contribution in [2.24, 2.45) is 10.9 Å². The highest BCUT2D eigenvalue weighted by atomic mass is 16.5. The standard InChI is InChI=1S/C22H30N2O4/c1-26-21-9-6-16(14-22(21)28-17-4-2-3-5-17)23-19-7-8-20(25)18(19)15-24-10-12-27-13-11-24/h6,9,14,17-18H,2-5,7-8,10-13,15H2,1H3. The molecule has 0 spiro atoms. The Hall–Kier alpha value is -1.92. The van der Waals surface area contributed by atoms with Crippen LogP contribution in [0.4, 0.5) is 5.69 Å². The molecule has 2 aliphatic carbocycles. The van der Waals surface area contributed by atoms with E-state index in [1.165, 1.54) is 12.8 Å². The summed E-state index contributed by atoms with van der Waals surface area (Å²) in [4.78, 5) is 19.6. The second kappa shape index (κ2) is 9.05. The van der Waals surface area contributed by atoms with Gasteiger partial charge < -0.3 is 14.2 Å². The Bertz CT molecular complexity index is 721. The zero-order chi connectivity index (χ0) is 19.3. The van der Waals surface area contributed by atoms with Gasteiger partial charge in [-0.15, -0.1) is 0 Å². The first-order valence-corrected chi connectivity index (χ1v) is 10.5. The van der Waals surface area contributed by atoms with E-state index in [-0.39, 0.29) is 12.0 Å². The van der Waals surface area contributed by atoms with Crippen molar-refractivity contribution in [1.29, 1.82) is 0 Å². The number of nitrogens with zero attached hydrogens (tertiary/aromatic N) is 2. The zero-order valence-electron chi connectivity index (χ0n) is 16.7. The fraction of sp³-hybridized carbons (Fsp3) is 0.636. The summed E-state index contributed by atoms with van der Waals surface area (Å²) in [5, 5.41) is 0. The van der Waals surface area contributed by atoms with Crippen LogP contribution in [-0.4, -0.2) is 62.5 Å². The highest BCUT2D eigenvalue weighted by Gasteiger charge is 2.33. The maximum atomic E-state index is 12.5. The summed E-state index contributed by atoms with van der Waals surface area (Å²) in [6.07, 6.45) is 6.24. The van der Waals surface area contributed by atoms with Crippen molar-refractivity contribution in [2.45, 2.75) is 44.6 Å². The molecule has 6 nitrogen and oxygen atoms in total. The molecule has 2 saturated carbocycles. The van der Waals surface area contributed by atoms with E-state index >= 15 is 0 Å². The molecular formula is C22H30N2O4. The molecule has 0 aromatic heterocycles. The van der Waals surface area contributed by atoms with Gasteiger partial charge in [0.25, 0.3) is 0 Å². The van der Waals surface area contributed by atoms with Crippen molar-refractivity contribution in [3.05, 3.63) is 18.2 Å². The van der Waals surface area contributed by atoms with Crippen LogP contribution < -0.4 is 9.47 Å². The molecule has 6 heteroatoms. The third-order valence-corrected chi connectivity index (χ3v) is 5.98. The number of hydrogen-bond acceptors (Lipinski definition) is 6. The third kappa shape index (κ3) is 4.55. The lowest BCUT2D eigenvalue weighted by Crippen LogP contribution is -2.41. The first-order valence-electron chi connectivity index (χ1n) is 10.5. The van der Waals surface area contributed by atoms with Gasteiger partial charge in [-0.3, -0.25) is 14.7 Å². The second-order valence-electron chi connectivity index (χ2n) is 7.89. The van der Waals surface area contributed by atoms with Gasteiger partial charge in [0, 0.05) is 37.8 Å². The van der Waals surface area contributed by atoms with Gasteiger partial charge >= 0.3 is 0 Å². The molecule has 1 atom stereocenters. The molecule has 152 valence electrons. The summed E-state index contributed by atoms with van der Waals surface area (Å²) in [6.45, 7) is 4.02. The van der Waals surface area contributed by atoms with E-state index < -0.39 is 0 Å². The number of carbonyl (C=O) groups is 1. The fourth-order valence-corrected chi connectivity index (χ4v) is 4.35. The molecule has 1 aliphatic heterocycles. The predicted octanol–water partition coefficient (Wildman–Crippen LogP) is 3.40. The molecule has 0 bridgehead atoms. The lowest BCUT2D eigenvalue weighted by molar-refractivity contribution is -0.120. The Labute approximate surface area is 166 Å². The lowest BCUT2D eigenvalue weighted by Gasteiger charge is -2.28. The van der Waals surface area contributed by atoms with Gasteiger partial charge in [0.15, 0.2) is 11.5 Å². The summed E-state index contributed by atoms with van der Waals surface area (Å²) in [5.41, 5.74) is 1.83. The minimum Gasteiger partial charge on any atom is -0.493 e. The summed E-state index contributed by atoms with van der Waals surface area (Å²) in [6, 6.07) is 5.82. The Morgan fingerprint density at radius 2 is 1.93 bits per heavy atom. The molecule has 1 aromatic rings. The smallest absolute Gasteiger partial charge is 0.163 e. The van der Waals surface area contributed by atoms with E-state index in [1.54, 1.807) is 7.11 Å². The van der Waals surface area contributed by atoms with Gasteiger partial charge in [0.05, 0.1) is 38.0 Å². The van der Waals surface area contributed by atoms with E-state index in [0.717, 1.165) is 75.0 Å². The zero-order valence-corrected chi connectivity index (χ0v) is 16.7. The normalized spacial score (nSPS) is 25.5. The van der Waals surface area contributed by atoms with Crippen LogP contribution >= 0.6 is 0 Å². The Kier molecular flexibility index (Phi) is 6.27. The highest BCUT2D eigenvalue weighted by Crippen LogP contribution is 2.35. The average molecular weight is 386 g/mol. The van der Waals surface area contributed by atoms with Crippen LogP contribution in [0.1, 0.15) is 38.5 Å². The summed E-state index contributed by atoms with van der Waals surface area (Å²) < 4.78 is 17.1. The number of carbonyl (C=O) groups excluding carboxylic acids is 1. The molecule has 3 fully saturated rings. The monoisotopic (exact) mass is 386 g/mol. The second-order valence-corrected chi connectivity index (χ2v) is 7.89. The Balaban J connectivity index is 1.51. The molecule has 28 heavy (non-hydrogen) atoms. The number of benzene rings is 1. The SMILES string of the molecule is COc1ccc(N=C2CCC(=O)C2CN2CCOCC2)cc1OC1CCCC1. The first kappa shape index (κ1) is 19.4. The van der Waals surface area contributed by atoms with Gasteiger partial charge in [-0.2, -0.15) is 0 Å². The van der Waals surface area contributed by atoms with Gasteiger partial charge in [-0.05, 0) is 44.2 Å². The molecule has 0 N–H and O–H groups in total. The van der Waals surface area contributed by atoms with Crippen LogP contribution in [0.15, 0.2) is 23.2 Å². The molecule has 1 saturated heterocycles. The minimum absolute atomic E-state index is 0.0978. The van der Waals surface area contributed by atoms with Crippen molar-refractivity contribution in [3.8, 4) is 11.5 Å². The fourth-order valence-electron chi connectivity index (χ4n) is 4.35. The number of methoxy groups -OCH3 is 1. The number of Topliss-reactive ketones (excluding diaryl/α,β-unsaturated/α-hetero) is 1. The topological polar surface area (TPSA) is 60.4 Å². The summed E-state index contributed by atoms with van der Waals surface area (Å²) in [5.74, 6) is 1.70. The van der Waals surface area contributed by atoms with Crippen molar-refractivity contribution in [2.75, 3.05) is 40.0 Å². The minimum atomic E-state index is -0.0978. The van der Waals surface area contributed by atoms with Crippen LogP contribution in [0.5, 0.6) is 11.5 Å². The largest absolute Gasteiger partial charge is 0.493 e. The van der Waals surface area contributed by atoms with E-state index in [2.05, 4.69) is 4.90 Å². The Morgan fingerprint density at radius 3 is 2.68 bits per heavy atom. The number of ether oxygens (including phenoxy) is 3. The van der Waals surface area contributed by atoms with E-state index in [4.69, 9.17) is 19.2 Å². The summed E-state index contributed by atoms with van der Waals surface area (Å²) >= 11 is 0. The van der Waals surface area contributed by atoms with Crippen LogP contribution in [0.3, 0.4) is 0 Å². The van der Waals surface area contributed by atoms with Crippen molar-refractivity contribution < 1.29 is 19.0 Å². The number of aliphatic imine (C=N–C) groups is 1. The van der Waals surface area contributed by atoms with Crippen molar-refractivity contribution in [1.82, 2.24) is 4.90 Å². The van der Waals surface area contributed by atoms with E-state index in [1.807, 2.05) is 18.2 Å². The lowest BCUT2D eigenvalue weighted by atomic mass is 10.0. The van der Waals surface area contributed by atoms with Crippen molar-refractivity contribution in [3.63, 3.8) is 0 Å². The first-order chi connectivity index (χ1) is 13.7. The van der Waals surface area contributed by atoms with E-state index in [9.17, 15) is 4.79 Å². The molecule has 1 aromatic carbocycles. The van der Waals surface area contributed by atoms with Crippen LogP contribution in [0, 0.1) is 5.92 Å². The molecule has 0 amide bonds. The van der Waals surface area contributed by atoms with Gasteiger partial charge in [0.2, 0.25) is 0 Å². The van der Waals surface area contributed by atoms with Gasteiger partial charge in [-0.1, -0.05) is 0 Å².